The third kappa shape index (κ3) is 4.56. The van der Waals surface area contributed by atoms with Crippen LogP contribution in [0.1, 0.15) is 5.82 Å². The monoisotopic (exact) mass is 386 g/mol. The summed E-state index contributed by atoms with van der Waals surface area (Å²) in [5.41, 5.74) is 1.36. The van der Waals surface area contributed by atoms with Gasteiger partial charge in [0.15, 0.2) is 5.82 Å². The van der Waals surface area contributed by atoms with Crippen molar-refractivity contribution in [3.63, 3.8) is 0 Å². The lowest BCUT2D eigenvalue weighted by molar-refractivity contribution is 0.262. The van der Waals surface area contributed by atoms with Crippen molar-refractivity contribution in [2.24, 2.45) is 0 Å². The predicted molar refractivity (Wildman–Crippen MR) is 109 cm³/mol. The zero-order chi connectivity index (χ0) is 20.1. The van der Waals surface area contributed by atoms with E-state index < -0.39 is 0 Å². The van der Waals surface area contributed by atoms with E-state index >= 15 is 0 Å². The van der Waals surface area contributed by atoms with Gasteiger partial charge in [0.2, 0.25) is 5.88 Å². The van der Waals surface area contributed by atoms with E-state index in [1.165, 1.54) is 0 Å². The van der Waals surface area contributed by atoms with Crippen molar-refractivity contribution in [2.45, 2.75) is 6.92 Å². The summed E-state index contributed by atoms with van der Waals surface area (Å²) >= 11 is 0. The number of rotatable bonds is 5. The van der Waals surface area contributed by atoms with Crippen molar-refractivity contribution < 1.29 is 9.53 Å². The lowest BCUT2D eigenvalue weighted by atomic mass is 10.3. The van der Waals surface area contributed by atoms with E-state index in [1.807, 2.05) is 48.0 Å². The number of carbonyl (C=O) groups excluding carboxylic acids is 1. The molecule has 29 heavy (non-hydrogen) atoms. The molecule has 0 fully saturated rings. The second kappa shape index (κ2) is 8.22. The average Bonchev–Trinajstić information content (AvgIpc) is 3.17. The van der Waals surface area contributed by atoms with Crippen molar-refractivity contribution in [1.29, 1.82) is 0 Å². The van der Waals surface area contributed by atoms with E-state index in [0.29, 0.717) is 23.1 Å². The first-order valence-electron chi connectivity index (χ1n) is 8.92. The molecule has 0 aliphatic heterocycles. The number of amides is 2. The number of urea groups is 1. The number of hydrogen-bond donors (Lipinski definition) is 2. The lowest BCUT2D eigenvalue weighted by Crippen LogP contribution is -2.19. The Labute approximate surface area is 167 Å². The summed E-state index contributed by atoms with van der Waals surface area (Å²) < 4.78 is 7.54. The summed E-state index contributed by atoms with van der Waals surface area (Å²) in [4.78, 5) is 16.2. The molecule has 0 atom stereocenters. The van der Waals surface area contributed by atoms with E-state index in [4.69, 9.17) is 4.74 Å². The Morgan fingerprint density at radius 2 is 1.62 bits per heavy atom. The number of benzene rings is 2. The average molecular weight is 386 g/mol. The van der Waals surface area contributed by atoms with Crippen LogP contribution in [0.3, 0.4) is 0 Å². The number of hydrogen-bond acceptors (Lipinski definition) is 5. The van der Waals surface area contributed by atoms with Crippen LogP contribution in [0.2, 0.25) is 0 Å². The number of aryl methyl sites for hydroxylation is 1. The van der Waals surface area contributed by atoms with Crippen molar-refractivity contribution >= 4 is 17.4 Å². The van der Waals surface area contributed by atoms with E-state index in [0.717, 1.165) is 11.5 Å². The van der Waals surface area contributed by atoms with Crippen LogP contribution in [-0.2, 0) is 0 Å². The van der Waals surface area contributed by atoms with Crippen molar-refractivity contribution in [3.05, 3.63) is 84.9 Å². The van der Waals surface area contributed by atoms with Gasteiger partial charge in [-0.2, -0.15) is 0 Å². The van der Waals surface area contributed by atoms with E-state index in [2.05, 4.69) is 25.8 Å². The number of para-hydroxylation sites is 1. The molecular formula is C21H18N6O2. The van der Waals surface area contributed by atoms with Gasteiger partial charge in [-0.05, 0) is 49.4 Å². The number of ether oxygens (including phenoxy) is 1. The zero-order valence-corrected chi connectivity index (χ0v) is 15.6. The van der Waals surface area contributed by atoms with Crippen molar-refractivity contribution in [2.75, 3.05) is 10.6 Å². The standard InChI is InChI=1S/C21H18N6O2/c1-15-22-13-14-27(15)19-11-12-20(26-25-19)29-18-9-7-17(8-10-18)24-21(28)23-16-5-3-2-4-6-16/h2-14H,1H3,(H2,23,24,28). The van der Waals surface area contributed by atoms with Crippen LogP contribution < -0.4 is 15.4 Å². The number of aromatic nitrogens is 4. The van der Waals surface area contributed by atoms with E-state index in [9.17, 15) is 4.79 Å². The summed E-state index contributed by atoms with van der Waals surface area (Å²) in [5, 5.41) is 13.8. The predicted octanol–water partition coefficient (Wildman–Crippen LogP) is 4.41. The van der Waals surface area contributed by atoms with E-state index in [-0.39, 0.29) is 6.03 Å². The SMILES string of the molecule is Cc1nccn1-c1ccc(Oc2ccc(NC(=O)Nc3ccccc3)cc2)nn1. The van der Waals surface area contributed by atoms with Crippen molar-refractivity contribution in [1.82, 2.24) is 19.7 Å². The van der Waals surface area contributed by atoms with Crippen LogP contribution in [-0.4, -0.2) is 25.8 Å². The highest BCUT2D eigenvalue weighted by Crippen LogP contribution is 2.22. The van der Waals surface area contributed by atoms with Gasteiger partial charge in [-0.1, -0.05) is 18.2 Å². The maximum atomic E-state index is 12.0. The number of imidazole rings is 1. The Morgan fingerprint density at radius 1 is 0.897 bits per heavy atom. The van der Waals surface area contributed by atoms with Crippen LogP contribution in [0.4, 0.5) is 16.2 Å². The molecule has 2 heterocycles. The topological polar surface area (TPSA) is 94.0 Å². The molecule has 0 saturated carbocycles. The molecule has 0 radical (unpaired) electrons. The maximum absolute atomic E-state index is 12.0. The first kappa shape index (κ1) is 18.2. The minimum atomic E-state index is -0.318. The minimum absolute atomic E-state index is 0.318. The van der Waals surface area contributed by atoms with Crippen LogP contribution in [0.5, 0.6) is 11.6 Å². The first-order valence-corrected chi connectivity index (χ1v) is 8.92. The lowest BCUT2D eigenvalue weighted by Gasteiger charge is -2.09. The van der Waals surface area contributed by atoms with Gasteiger partial charge in [0.05, 0.1) is 0 Å². The summed E-state index contributed by atoms with van der Waals surface area (Å²) in [6.45, 7) is 1.89. The third-order valence-electron chi connectivity index (χ3n) is 4.06. The molecule has 2 N–H and O–H groups in total. The molecule has 2 amide bonds. The number of carbonyl (C=O) groups is 1. The molecule has 0 aliphatic carbocycles. The van der Waals surface area contributed by atoms with Gasteiger partial charge in [0.1, 0.15) is 11.6 Å². The Balaban J connectivity index is 1.35. The van der Waals surface area contributed by atoms with Gasteiger partial charge in [0.25, 0.3) is 0 Å². The molecule has 8 heteroatoms. The second-order valence-corrected chi connectivity index (χ2v) is 6.15. The fourth-order valence-corrected chi connectivity index (χ4v) is 2.66. The first-order chi connectivity index (χ1) is 14.2. The number of nitrogens with one attached hydrogen (secondary N) is 2. The molecule has 0 unspecified atom stereocenters. The van der Waals surface area contributed by atoms with Crippen LogP contribution in [0, 0.1) is 6.92 Å². The minimum Gasteiger partial charge on any atom is -0.438 e. The molecule has 2 aromatic heterocycles. The molecule has 4 aromatic rings. The highest BCUT2D eigenvalue weighted by atomic mass is 16.5. The molecule has 0 aliphatic rings. The van der Waals surface area contributed by atoms with Gasteiger partial charge in [-0.15, -0.1) is 10.2 Å². The van der Waals surface area contributed by atoms with Gasteiger partial charge >= 0.3 is 6.03 Å². The summed E-state index contributed by atoms with van der Waals surface area (Å²) in [5.74, 6) is 2.44. The number of anilines is 2. The molecule has 144 valence electrons. The smallest absolute Gasteiger partial charge is 0.323 e. The summed E-state index contributed by atoms with van der Waals surface area (Å²) in [7, 11) is 0. The molecule has 0 bridgehead atoms. The fourth-order valence-electron chi connectivity index (χ4n) is 2.66. The molecule has 0 saturated heterocycles. The largest absolute Gasteiger partial charge is 0.438 e. The quantitative estimate of drug-likeness (QED) is 0.530. The Bertz CT molecular complexity index is 1090. The molecule has 8 nitrogen and oxygen atoms in total. The molecule has 4 rings (SSSR count). The Morgan fingerprint density at radius 3 is 2.24 bits per heavy atom. The summed E-state index contributed by atoms with van der Waals surface area (Å²) in [6, 6.07) is 19.4. The second-order valence-electron chi connectivity index (χ2n) is 6.15. The van der Waals surface area contributed by atoms with Gasteiger partial charge in [0, 0.05) is 29.8 Å². The van der Waals surface area contributed by atoms with Crippen LogP contribution in [0.25, 0.3) is 5.82 Å². The van der Waals surface area contributed by atoms with Gasteiger partial charge in [-0.3, -0.25) is 4.57 Å². The third-order valence-corrected chi connectivity index (χ3v) is 4.06. The van der Waals surface area contributed by atoms with E-state index in [1.54, 1.807) is 42.6 Å². The molecule has 2 aromatic carbocycles. The highest BCUT2D eigenvalue weighted by Gasteiger charge is 2.06. The molecule has 0 spiro atoms. The maximum Gasteiger partial charge on any atom is 0.323 e. The van der Waals surface area contributed by atoms with Crippen LogP contribution in [0.15, 0.2) is 79.1 Å². The van der Waals surface area contributed by atoms with Crippen molar-refractivity contribution in [3.8, 4) is 17.4 Å². The van der Waals surface area contributed by atoms with Gasteiger partial charge in [-0.25, -0.2) is 9.78 Å². The van der Waals surface area contributed by atoms with Gasteiger partial charge < -0.3 is 15.4 Å². The fraction of sp³-hybridized carbons (Fsp3) is 0.0476. The molecular weight excluding hydrogens is 368 g/mol. The highest BCUT2D eigenvalue weighted by molar-refractivity contribution is 5.99. The summed E-state index contributed by atoms with van der Waals surface area (Å²) in [6.07, 6.45) is 3.52. The Hall–Kier alpha value is -4.20. The zero-order valence-electron chi connectivity index (χ0n) is 15.6. The number of nitrogens with zero attached hydrogens (tertiary/aromatic N) is 4. The van der Waals surface area contributed by atoms with Crippen LogP contribution >= 0.6 is 0 Å². The normalized spacial score (nSPS) is 10.4. The Kier molecular flexibility index (Phi) is 5.15.